The molecule has 0 unspecified atom stereocenters. The normalized spacial score (nSPS) is 18.7. The second kappa shape index (κ2) is 4.39. The maximum atomic E-state index is 2.48. The van der Waals surface area contributed by atoms with Crippen LogP contribution in [0.4, 0.5) is 0 Å². The Morgan fingerprint density at radius 2 is 1.32 bits per heavy atom. The molecule has 2 heterocycles. The van der Waals surface area contributed by atoms with Crippen LogP contribution in [0.25, 0.3) is 0 Å². The van der Waals surface area contributed by atoms with Gasteiger partial charge in [0.15, 0.2) is 0 Å². The molecule has 1 fully saturated rings. The Morgan fingerprint density at radius 1 is 0.737 bits per heavy atom. The summed E-state index contributed by atoms with van der Waals surface area (Å²) in [6.45, 7) is -1.42. The summed E-state index contributed by atoms with van der Waals surface area (Å²) in [7, 11) is 0. The summed E-state index contributed by atoms with van der Waals surface area (Å²) < 4.78 is 3.36. The van der Waals surface area contributed by atoms with Crippen LogP contribution in [-0.2, 0) is 0 Å². The zero-order valence-electron chi connectivity index (χ0n) is 10.4. The van der Waals surface area contributed by atoms with E-state index < -0.39 is 6.89 Å². The van der Waals surface area contributed by atoms with E-state index in [0.717, 1.165) is 0 Å². The van der Waals surface area contributed by atoms with Crippen molar-refractivity contribution in [3.63, 3.8) is 0 Å². The molecule has 0 radical (unpaired) electrons. The first-order valence-electron chi connectivity index (χ1n) is 6.36. The van der Waals surface area contributed by atoms with Gasteiger partial charge in [0.05, 0.1) is 0 Å². The second-order valence-corrected chi connectivity index (χ2v) is 10.8. The molecule has 0 nitrogen and oxygen atoms in total. The van der Waals surface area contributed by atoms with Crippen LogP contribution in [0.15, 0.2) is 83.1 Å². The number of allylic oxidation sites excluding steroid dienone is 3. The van der Waals surface area contributed by atoms with Crippen molar-refractivity contribution in [2.75, 3.05) is 0 Å². The Labute approximate surface area is 120 Å². The number of hydrogen-bond donors (Lipinski definition) is 0. The molecule has 1 saturated heterocycles. The van der Waals surface area contributed by atoms with Crippen molar-refractivity contribution >= 4 is 36.6 Å². The van der Waals surface area contributed by atoms with Crippen molar-refractivity contribution in [1.29, 1.82) is 0 Å². The fraction of sp³-hybridized carbons (Fsp3) is 0. The third-order valence-corrected chi connectivity index (χ3v) is 11.5. The van der Waals surface area contributed by atoms with E-state index in [1.807, 2.05) is 0 Å². The van der Waals surface area contributed by atoms with E-state index in [4.69, 9.17) is 0 Å². The van der Waals surface area contributed by atoms with Crippen LogP contribution >= 0.6 is 6.89 Å². The Morgan fingerprint density at radius 3 is 1.89 bits per heavy atom. The van der Waals surface area contributed by atoms with E-state index in [2.05, 4.69) is 78.6 Å². The van der Waals surface area contributed by atoms with Crippen molar-refractivity contribution < 1.29 is 0 Å². The van der Waals surface area contributed by atoms with E-state index in [0.29, 0.717) is 15.0 Å². The molecule has 2 aliphatic rings. The fourth-order valence-electron chi connectivity index (χ4n) is 2.64. The third kappa shape index (κ3) is 1.74. The zero-order chi connectivity index (χ0) is 12.7. The zero-order valence-corrected chi connectivity index (χ0v) is 13.0. The van der Waals surface area contributed by atoms with Crippen molar-refractivity contribution in [3.05, 3.63) is 83.1 Å². The van der Waals surface area contributed by atoms with Gasteiger partial charge in [-0.3, -0.25) is 0 Å². The SMILES string of the molecule is C1=CP(c2ccccc2)(c2ccccc2)=C2[Se]C2=C1. The standard InChI is InChI=1S/C17H13PSe/c1-3-8-14(9-4-1)18(15-10-5-2-6-11-15)13-7-12-16-17(18)19-16/h1-13H. The van der Waals surface area contributed by atoms with Crippen LogP contribution in [0.3, 0.4) is 0 Å². The minimum atomic E-state index is -1.42. The van der Waals surface area contributed by atoms with Gasteiger partial charge in [0.25, 0.3) is 0 Å². The van der Waals surface area contributed by atoms with Crippen LogP contribution in [-0.4, -0.2) is 19.1 Å². The van der Waals surface area contributed by atoms with Gasteiger partial charge in [0.1, 0.15) is 0 Å². The molecular formula is C17H13PSe. The van der Waals surface area contributed by atoms with Crippen LogP contribution in [0.1, 0.15) is 0 Å². The fourth-order valence-corrected chi connectivity index (χ4v) is 10.9. The summed E-state index contributed by atoms with van der Waals surface area (Å²) in [5.41, 5.74) is 0. The monoisotopic (exact) mass is 328 g/mol. The molecule has 0 N–H and O–H groups in total. The Bertz CT molecular complexity index is 696. The topological polar surface area (TPSA) is 0 Å². The van der Waals surface area contributed by atoms with Crippen molar-refractivity contribution in [3.8, 4) is 0 Å². The number of benzene rings is 2. The summed E-state index contributed by atoms with van der Waals surface area (Å²) in [6.07, 6.45) is 4.58. The molecule has 0 bridgehead atoms. The molecule has 0 atom stereocenters. The van der Waals surface area contributed by atoms with Gasteiger partial charge < -0.3 is 0 Å². The summed E-state index contributed by atoms with van der Waals surface area (Å²) >= 11 is 0.628. The van der Waals surface area contributed by atoms with Crippen molar-refractivity contribution in [1.82, 2.24) is 0 Å². The molecule has 0 aromatic heterocycles. The molecule has 0 saturated carbocycles. The van der Waals surface area contributed by atoms with Gasteiger partial charge in [-0.2, -0.15) is 0 Å². The van der Waals surface area contributed by atoms with Gasteiger partial charge in [-0.25, -0.2) is 0 Å². The average molecular weight is 327 g/mol. The Hall–Kier alpha value is -1.26. The Balaban J connectivity index is 2.08. The van der Waals surface area contributed by atoms with E-state index in [1.54, 1.807) is 8.66 Å². The van der Waals surface area contributed by atoms with E-state index in [1.165, 1.54) is 10.6 Å². The average Bonchev–Trinajstić information content (AvgIpc) is 3.28. The summed E-state index contributed by atoms with van der Waals surface area (Å²) in [5, 5.41) is 3.00. The van der Waals surface area contributed by atoms with Crippen molar-refractivity contribution in [2.24, 2.45) is 0 Å². The minimum absolute atomic E-state index is 0.628. The molecule has 2 aliphatic heterocycles. The number of rotatable bonds is 2. The first-order valence-corrected chi connectivity index (χ1v) is 9.94. The van der Waals surface area contributed by atoms with Crippen LogP contribution in [0.5, 0.6) is 0 Å². The van der Waals surface area contributed by atoms with Gasteiger partial charge in [-0.05, 0) is 0 Å². The van der Waals surface area contributed by atoms with Gasteiger partial charge in [-0.1, -0.05) is 0 Å². The van der Waals surface area contributed by atoms with Crippen molar-refractivity contribution in [2.45, 2.75) is 0 Å². The van der Waals surface area contributed by atoms with Crippen LogP contribution < -0.4 is 10.6 Å². The molecule has 2 heteroatoms. The predicted molar refractivity (Wildman–Crippen MR) is 87.1 cm³/mol. The molecule has 2 aromatic rings. The molecule has 0 aliphatic carbocycles. The van der Waals surface area contributed by atoms with E-state index in [9.17, 15) is 0 Å². The van der Waals surface area contributed by atoms with Crippen LogP contribution in [0.2, 0.25) is 0 Å². The number of fused-ring (bicyclic) bond motifs is 1. The Kier molecular flexibility index (Phi) is 2.67. The van der Waals surface area contributed by atoms with Gasteiger partial charge in [0.2, 0.25) is 0 Å². The predicted octanol–water partition coefficient (Wildman–Crippen LogP) is 2.91. The van der Waals surface area contributed by atoms with Crippen LogP contribution in [0, 0.1) is 0 Å². The first kappa shape index (κ1) is 11.6. The number of hydrogen-bond acceptors (Lipinski definition) is 0. The summed E-state index contributed by atoms with van der Waals surface area (Å²) in [6, 6.07) is 22.1. The maximum absolute atomic E-state index is 2.48. The summed E-state index contributed by atoms with van der Waals surface area (Å²) in [4.78, 5) is 0. The molecule has 2 aromatic carbocycles. The first-order chi connectivity index (χ1) is 9.41. The second-order valence-electron chi connectivity index (χ2n) is 4.67. The molecule has 4 rings (SSSR count). The third-order valence-electron chi connectivity index (χ3n) is 3.58. The molecule has 0 amide bonds. The molecule has 0 spiro atoms. The van der Waals surface area contributed by atoms with Gasteiger partial charge in [-0.15, -0.1) is 0 Å². The molecule has 92 valence electrons. The van der Waals surface area contributed by atoms with E-state index >= 15 is 0 Å². The summed E-state index contributed by atoms with van der Waals surface area (Å²) in [5.74, 6) is 2.48. The van der Waals surface area contributed by atoms with Gasteiger partial charge >= 0.3 is 120 Å². The molecular weight excluding hydrogens is 314 g/mol. The molecule has 19 heavy (non-hydrogen) atoms. The van der Waals surface area contributed by atoms with Gasteiger partial charge in [0, 0.05) is 0 Å². The quantitative estimate of drug-likeness (QED) is 0.588. The van der Waals surface area contributed by atoms with E-state index in [-0.39, 0.29) is 0 Å².